The molecular formula is C15H20N2O3. The van der Waals surface area contributed by atoms with Gasteiger partial charge in [-0.1, -0.05) is 30.3 Å². The van der Waals surface area contributed by atoms with Crippen LogP contribution in [0.1, 0.15) is 18.9 Å². The molecule has 108 valence electrons. The van der Waals surface area contributed by atoms with Gasteiger partial charge >= 0.3 is 12.0 Å². The van der Waals surface area contributed by atoms with Gasteiger partial charge in [0, 0.05) is 26.2 Å². The third-order valence-corrected chi connectivity index (χ3v) is 3.68. The van der Waals surface area contributed by atoms with Crippen LogP contribution >= 0.6 is 0 Å². The molecule has 5 heteroatoms. The minimum Gasteiger partial charge on any atom is -0.481 e. The van der Waals surface area contributed by atoms with E-state index in [0.717, 1.165) is 5.56 Å². The van der Waals surface area contributed by atoms with Crippen molar-refractivity contribution in [3.63, 3.8) is 0 Å². The van der Waals surface area contributed by atoms with Crippen LogP contribution in [0.5, 0.6) is 0 Å². The van der Waals surface area contributed by atoms with E-state index in [9.17, 15) is 9.59 Å². The number of benzene rings is 1. The summed E-state index contributed by atoms with van der Waals surface area (Å²) in [5, 5.41) is 8.99. The van der Waals surface area contributed by atoms with Crippen molar-refractivity contribution in [1.29, 1.82) is 0 Å². The normalized spacial score (nSPS) is 18.1. The molecule has 1 unspecified atom stereocenters. The molecule has 1 saturated heterocycles. The van der Waals surface area contributed by atoms with Crippen molar-refractivity contribution in [2.75, 3.05) is 19.6 Å². The average molecular weight is 276 g/mol. The molecule has 0 aliphatic carbocycles. The highest BCUT2D eigenvalue weighted by atomic mass is 16.4. The van der Waals surface area contributed by atoms with Crippen molar-refractivity contribution in [2.45, 2.75) is 19.9 Å². The van der Waals surface area contributed by atoms with Gasteiger partial charge in [0.05, 0.1) is 5.92 Å². The molecular weight excluding hydrogens is 256 g/mol. The summed E-state index contributed by atoms with van der Waals surface area (Å²) in [4.78, 5) is 26.8. The third-order valence-electron chi connectivity index (χ3n) is 3.68. The summed E-state index contributed by atoms with van der Waals surface area (Å²) in [6.07, 6.45) is 0.546. The van der Waals surface area contributed by atoms with Crippen LogP contribution in [-0.2, 0) is 11.3 Å². The van der Waals surface area contributed by atoms with Crippen molar-refractivity contribution >= 4 is 12.0 Å². The summed E-state index contributed by atoms with van der Waals surface area (Å²) in [5.41, 5.74) is 1.08. The number of carbonyl (C=O) groups is 2. The van der Waals surface area contributed by atoms with E-state index in [1.54, 1.807) is 9.80 Å². The van der Waals surface area contributed by atoms with Gasteiger partial charge in [-0.15, -0.1) is 0 Å². The van der Waals surface area contributed by atoms with E-state index in [1.165, 1.54) is 0 Å². The standard InChI is InChI=1S/C15H20N2O3/c1-2-16(10-12-6-4-3-5-7-12)15(20)17-9-8-13(11-17)14(18)19/h3-7,13H,2,8-11H2,1H3,(H,18,19). The van der Waals surface area contributed by atoms with Crippen molar-refractivity contribution in [2.24, 2.45) is 5.92 Å². The van der Waals surface area contributed by atoms with E-state index < -0.39 is 11.9 Å². The highest BCUT2D eigenvalue weighted by Gasteiger charge is 2.32. The summed E-state index contributed by atoms with van der Waals surface area (Å²) in [7, 11) is 0. The Kier molecular flexibility index (Phi) is 4.61. The Labute approximate surface area is 118 Å². The maximum atomic E-state index is 12.4. The smallest absolute Gasteiger partial charge is 0.320 e. The molecule has 1 heterocycles. The first kappa shape index (κ1) is 14.4. The number of carboxylic acids is 1. The van der Waals surface area contributed by atoms with Crippen LogP contribution in [0.2, 0.25) is 0 Å². The Balaban J connectivity index is 1.98. The minimum absolute atomic E-state index is 0.0693. The Morgan fingerprint density at radius 1 is 1.35 bits per heavy atom. The highest BCUT2D eigenvalue weighted by Crippen LogP contribution is 2.18. The zero-order valence-electron chi connectivity index (χ0n) is 11.7. The van der Waals surface area contributed by atoms with Crippen LogP contribution in [0.25, 0.3) is 0 Å². The predicted octanol–water partition coefficient (Wildman–Crippen LogP) is 2.04. The third kappa shape index (κ3) is 3.29. The lowest BCUT2D eigenvalue weighted by atomic mass is 10.1. The van der Waals surface area contributed by atoms with Crippen LogP contribution in [0.3, 0.4) is 0 Å². The van der Waals surface area contributed by atoms with Crippen molar-refractivity contribution in [3.05, 3.63) is 35.9 Å². The van der Waals surface area contributed by atoms with Crippen molar-refractivity contribution < 1.29 is 14.7 Å². The number of carbonyl (C=O) groups excluding carboxylic acids is 1. The van der Waals surface area contributed by atoms with Crippen LogP contribution < -0.4 is 0 Å². The molecule has 1 aromatic carbocycles. The number of amides is 2. The fourth-order valence-electron chi connectivity index (χ4n) is 2.45. The second-order valence-electron chi connectivity index (χ2n) is 5.05. The molecule has 1 N–H and O–H groups in total. The zero-order chi connectivity index (χ0) is 14.5. The van der Waals surface area contributed by atoms with Gasteiger partial charge in [-0.2, -0.15) is 0 Å². The van der Waals surface area contributed by atoms with Crippen molar-refractivity contribution in [1.82, 2.24) is 9.80 Å². The molecule has 0 saturated carbocycles. The summed E-state index contributed by atoms with van der Waals surface area (Å²) < 4.78 is 0. The van der Waals surface area contributed by atoms with Crippen LogP contribution in [0, 0.1) is 5.92 Å². The molecule has 0 spiro atoms. The second-order valence-corrected chi connectivity index (χ2v) is 5.05. The molecule has 1 atom stereocenters. The van der Waals surface area contributed by atoms with Gasteiger partial charge in [-0.3, -0.25) is 4.79 Å². The number of nitrogens with zero attached hydrogens (tertiary/aromatic N) is 2. The zero-order valence-corrected chi connectivity index (χ0v) is 11.7. The van der Waals surface area contributed by atoms with Gasteiger partial charge in [0.1, 0.15) is 0 Å². The van der Waals surface area contributed by atoms with E-state index in [4.69, 9.17) is 5.11 Å². The number of aliphatic carboxylic acids is 1. The largest absolute Gasteiger partial charge is 0.481 e. The van der Waals surface area contributed by atoms with Gasteiger partial charge < -0.3 is 14.9 Å². The van der Waals surface area contributed by atoms with Crippen LogP contribution in [-0.4, -0.2) is 46.5 Å². The number of urea groups is 1. The minimum atomic E-state index is -0.814. The molecule has 20 heavy (non-hydrogen) atoms. The Morgan fingerprint density at radius 2 is 2.05 bits per heavy atom. The van der Waals surface area contributed by atoms with E-state index in [2.05, 4.69) is 0 Å². The summed E-state index contributed by atoms with van der Waals surface area (Å²) in [6, 6.07) is 9.74. The quantitative estimate of drug-likeness (QED) is 0.915. The second kappa shape index (κ2) is 6.41. The van der Waals surface area contributed by atoms with E-state index >= 15 is 0 Å². The number of rotatable bonds is 4. The SMILES string of the molecule is CCN(Cc1ccccc1)C(=O)N1CCC(C(=O)O)C1. The maximum absolute atomic E-state index is 12.4. The van der Waals surface area contributed by atoms with Gasteiger partial charge in [0.2, 0.25) is 0 Å². The van der Waals surface area contributed by atoms with Gasteiger partial charge in [0.25, 0.3) is 0 Å². The number of likely N-dealkylation sites (tertiary alicyclic amines) is 1. The first-order chi connectivity index (χ1) is 9.61. The summed E-state index contributed by atoms with van der Waals surface area (Å²) >= 11 is 0. The molecule has 2 rings (SSSR count). The molecule has 1 aliphatic heterocycles. The first-order valence-electron chi connectivity index (χ1n) is 6.92. The van der Waals surface area contributed by atoms with E-state index in [0.29, 0.717) is 32.6 Å². The first-order valence-corrected chi connectivity index (χ1v) is 6.92. The molecule has 1 aliphatic rings. The Hall–Kier alpha value is -2.04. The fourth-order valence-corrected chi connectivity index (χ4v) is 2.45. The van der Waals surface area contributed by atoms with E-state index in [-0.39, 0.29) is 6.03 Å². The summed E-state index contributed by atoms with van der Waals surface area (Å²) in [6.45, 7) is 3.96. The van der Waals surface area contributed by atoms with Gasteiger partial charge in [0.15, 0.2) is 0 Å². The van der Waals surface area contributed by atoms with Crippen molar-refractivity contribution in [3.8, 4) is 0 Å². The average Bonchev–Trinajstić information content (AvgIpc) is 2.95. The van der Waals surface area contributed by atoms with Gasteiger partial charge in [-0.25, -0.2) is 4.79 Å². The Bertz CT molecular complexity index is 475. The lowest BCUT2D eigenvalue weighted by Gasteiger charge is -2.27. The monoisotopic (exact) mass is 276 g/mol. The molecule has 0 bridgehead atoms. The molecule has 2 amide bonds. The van der Waals surface area contributed by atoms with E-state index in [1.807, 2.05) is 37.3 Å². The number of carboxylic acid groups (broad SMARTS) is 1. The molecule has 0 radical (unpaired) electrons. The molecule has 0 aromatic heterocycles. The molecule has 1 fully saturated rings. The number of hydrogen-bond acceptors (Lipinski definition) is 2. The lowest BCUT2D eigenvalue weighted by Crippen LogP contribution is -2.41. The van der Waals surface area contributed by atoms with Crippen LogP contribution in [0.15, 0.2) is 30.3 Å². The molecule has 1 aromatic rings. The predicted molar refractivity (Wildman–Crippen MR) is 75.2 cm³/mol. The Morgan fingerprint density at radius 3 is 2.60 bits per heavy atom. The number of hydrogen-bond donors (Lipinski definition) is 1. The highest BCUT2D eigenvalue weighted by molar-refractivity contribution is 5.77. The molecule has 5 nitrogen and oxygen atoms in total. The maximum Gasteiger partial charge on any atom is 0.320 e. The fraction of sp³-hybridized carbons (Fsp3) is 0.467. The lowest BCUT2D eigenvalue weighted by molar-refractivity contribution is -0.141. The van der Waals surface area contributed by atoms with Gasteiger partial charge in [-0.05, 0) is 18.9 Å². The topological polar surface area (TPSA) is 60.9 Å². The van der Waals surface area contributed by atoms with Crippen LogP contribution in [0.4, 0.5) is 4.79 Å². The summed E-state index contributed by atoms with van der Waals surface area (Å²) in [5.74, 6) is -1.24.